The minimum absolute atomic E-state index is 0.0356. The number of nitrogens with one attached hydrogen (secondary N) is 1. The summed E-state index contributed by atoms with van der Waals surface area (Å²) in [5.41, 5.74) is 5.53. The second-order valence-electron chi connectivity index (χ2n) is 8.98. The highest BCUT2D eigenvalue weighted by molar-refractivity contribution is 7.99. The van der Waals surface area contributed by atoms with Gasteiger partial charge in [0, 0.05) is 51.1 Å². The Hall–Kier alpha value is -3.55. The topological polar surface area (TPSA) is 53.4 Å². The van der Waals surface area contributed by atoms with E-state index in [1.807, 2.05) is 48.1 Å². The molecule has 1 amide bonds. The highest BCUT2D eigenvalue weighted by Gasteiger charge is 2.17. The lowest BCUT2D eigenvalue weighted by molar-refractivity contribution is -0.113. The maximum Gasteiger partial charge on any atom is 0.234 e. The van der Waals surface area contributed by atoms with E-state index >= 15 is 0 Å². The van der Waals surface area contributed by atoms with Crippen LogP contribution in [0.25, 0.3) is 11.3 Å². The number of anilines is 2. The summed E-state index contributed by atoms with van der Waals surface area (Å²) in [6.07, 6.45) is 1.86. The van der Waals surface area contributed by atoms with E-state index in [1.54, 1.807) is 0 Å². The van der Waals surface area contributed by atoms with Crippen molar-refractivity contribution >= 4 is 29.0 Å². The molecule has 2 heterocycles. The molecule has 7 heteroatoms. The minimum Gasteiger partial charge on any atom is -0.369 e. The molecule has 0 unspecified atom stereocenters. The molecule has 1 aliphatic heterocycles. The molecule has 1 N–H and O–H groups in total. The Kier molecular flexibility index (Phi) is 7.69. The molecule has 36 heavy (non-hydrogen) atoms. The molecular formula is C29H31N5OS. The lowest BCUT2D eigenvalue weighted by Crippen LogP contribution is -2.45. The first-order chi connectivity index (χ1) is 17.7. The van der Waals surface area contributed by atoms with Gasteiger partial charge in [-0.05, 0) is 35.4 Å². The Morgan fingerprint density at radius 1 is 0.889 bits per heavy atom. The van der Waals surface area contributed by atoms with Crippen molar-refractivity contribution in [2.45, 2.75) is 11.7 Å². The van der Waals surface area contributed by atoms with Crippen molar-refractivity contribution in [1.29, 1.82) is 0 Å². The number of hydrogen-bond donors (Lipinski definition) is 1. The van der Waals surface area contributed by atoms with Crippen molar-refractivity contribution in [3.63, 3.8) is 0 Å². The summed E-state index contributed by atoms with van der Waals surface area (Å²) in [6, 6.07) is 29.0. The standard InChI is InChI=1S/C29H31N5OS/c1-32-27(24-10-6-3-7-11-24)20-30-29(32)36-22-28(35)31-25-12-14-26(15-13-25)34-18-16-33(17-19-34)21-23-8-4-2-5-9-23/h2-15,20H,16-19,21-22H2,1H3,(H,31,35). The largest absolute Gasteiger partial charge is 0.369 e. The predicted molar refractivity (Wildman–Crippen MR) is 148 cm³/mol. The summed E-state index contributed by atoms with van der Waals surface area (Å²) in [5, 5.41) is 3.84. The fourth-order valence-corrected chi connectivity index (χ4v) is 5.24. The molecule has 1 saturated heterocycles. The first-order valence-corrected chi connectivity index (χ1v) is 13.3. The molecular weight excluding hydrogens is 466 g/mol. The van der Waals surface area contributed by atoms with Crippen LogP contribution in [0, 0.1) is 0 Å². The van der Waals surface area contributed by atoms with E-state index in [-0.39, 0.29) is 5.91 Å². The fraction of sp³-hybridized carbons (Fsp3) is 0.241. The van der Waals surface area contributed by atoms with E-state index in [0.29, 0.717) is 5.75 Å². The monoisotopic (exact) mass is 497 g/mol. The molecule has 0 atom stereocenters. The molecule has 3 aromatic carbocycles. The fourth-order valence-electron chi connectivity index (χ4n) is 4.49. The summed E-state index contributed by atoms with van der Waals surface area (Å²) in [7, 11) is 1.98. The maximum absolute atomic E-state index is 12.6. The zero-order valence-corrected chi connectivity index (χ0v) is 21.3. The smallest absolute Gasteiger partial charge is 0.234 e. The molecule has 0 bridgehead atoms. The number of hydrogen-bond acceptors (Lipinski definition) is 5. The molecule has 4 aromatic rings. The van der Waals surface area contributed by atoms with Gasteiger partial charge >= 0.3 is 0 Å². The van der Waals surface area contributed by atoms with Gasteiger partial charge in [-0.1, -0.05) is 72.4 Å². The SMILES string of the molecule is Cn1c(-c2ccccc2)cnc1SCC(=O)Nc1ccc(N2CCN(Cc3ccccc3)CC2)cc1. The molecule has 0 spiro atoms. The summed E-state index contributed by atoms with van der Waals surface area (Å²) < 4.78 is 2.03. The van der Waals surface area contributed by atoms with Gasteiger partial charge in [0.15, 0.2) is 5.16 Å². The molecule has 1 aliphatic rings. The summed E-state index contributed by atoms with van der Waals surface area (Å²) in [4.78, 5) is 22.0. The average Bonchev–Trinajstić information content (AvgIpc) is 3.29. The number of piperazine rings is 1. The van der Waals surface area contributed by atoms with Gasteiger partial charge in [-0.2, -0.15) is 0 Å². The molecule has 1 fully saturated rings. The van der Waals surface area contributed by atoms with Gasteiger partial charge in [0.25, 0.3) is 0 Å². The van der Waals surface area contributed by atoms with Crippen molar-refractivity contribution in [1.82, 2.24) is 14.5 Å². The number of rotatable bonds is 8. The molecule has 5 rings (SSSR count). The number of carbonyl (C=O) groups is 1. The normalized spacial score (nSPS) is 14.1. The number of imidazole rings is 1. The van der Waals surface area contributed by atoms with E-state index in [4.69, 9.17) is 0 Å². The molecule has 0 radical (unpaired) electrons. The van der Waals surface area contributed by atoms with Gasteiger partial charge in [0.05, 0.1) is 17.6 Å². The van der Waals surface area contributed by atoms with Gasteiger partial charge in [-0.15, -0.1) is 0 Å². The summed E-state index contributed by atoms with van der Waals surface area (Å²) in [6.45, 7) is 5.10. The van der Waals surface area contributed by atoms with Crippen molar-refractivity contribution in [3.8, 4) is 11.3 Å². The third-order valence-electron chi connectivity index (χ3n) is 6.48. The number of carbonyl (C=O) groups excluding carboxylic acids is 1. The Labute approximate surface area is 217 Å². The van der Waals surface area contributed by atoms with Crippen LogP contribution in [0.4, 0.5) is 11.4 Å². The molecule has 6 nitrogen and oxygen atoms in total. The number of thioether (sulfide) groups is 1. The lowest BCUT2D eigenvalue weighted by atomic mass is 10.2. The zero-order valence-electron chi connectivity index (χ0n) is 20.5. The second kappa shape index (κ2) is 11.5. The molecule has 184 valence electrons. The van der Waals surface area contributed by atoms with Crippen molar-refractivity contribution < 1.29 is 4.79 Å². The number of aromatic nitrogens is 2. The van der Waals surface area contributed by atoms with E-state index < -0.39 is 0 Å². The third-order valence-corrected chi connectivity index (χ3v) is 7.53. The predicted octanol–water partition coefficient (Wildman–Crippen LogP) is 5.14. The van der Waals surface area contributed by atoms with Gasteiger partial charge in [0.1, 0.15) is 0 Å². The zero-order chi connectivity index (χ0) is 24.7. The van der Waals surface area contributed by atoms with Crippen molar-refractivity contribution in [2.75, 3.05) is 42.1 Å². The Morgan fingerprint density at radius 2 is 1.56 bits per heavy atom. The van der Waals surface area contributed by atoms with Crippen LogP contribution in [-0.2, 0) is 18.4 Å². The highest BCUT2D eigenvalue weighted by Crippen LogP contribution is 2.25. The van der Waals surface area contributed by atoms with Crippen LogP contribution in [0.2, 0.25) is 0 Å². The molecule has 0 aliphatic carbocycles. The van der Waals surface area contributed by atoms with Crippen LogP contribution in [0.3, 0.4) is 0 Å². The van der Waals surface area contributed by atoms with Gasteiger partial charge in [-0.3, -0.25) is 9.69 Å². The lowest BCUT2D eigenvalue weighted by Gasteiger charge is -2.36. The number of nitrogens with zero attached hydrogens (tertiary/aromatic N) is 4. The summed E-state index contributed by atoms with van der Waals surface area (Å²) >= 11 is 1.44. The third kappa shape index (κ3) is 5.98. The van der Waals surface area contributed by atoms with Crippen LogP contribution in [0.1, 0.15) is 5.56 Å². The Bertz CT molecular complexity index is 1270. The van der Waals surface area contributed by atoms with Crippen molar-refractivity contribution in [2.24, 2.45) is 7.05 Å². The average molecular weight is 498 g/mol. The van der Waals surface area contributed by atoms with E-state index in [1.165, 1.54) is 23.0 Å². The second-order valence-corrected chi connectivity index (χ2v) is 9.93. The van der Waals surface area contributed by atoms with Gasteiger partial charge in [-0.25, -0.2) is 4.98 Å². The minimum atomic E-state index is -0.0356. The Morgan fingerprint density at radius 3 is 2.25 bits per heavy atom. The quantitative estimate of drug-likeness (QED) is 0.342. The van der Waals surface area contributed by atoms with E-state index in [2.05, 4.69) is 74.7 Å². The van der Waals surface area contributed by atoms with Crippen LogP contribution in [0.5, 0.6) is 0 Å². The maximum atomic E-state index is 12.6. The van der Waals surface area contributed by atoms with Crippen molar-refractivity contribution in [3.05, 3.63) is 96.7 Å². The summed E-state index contributed by atoms with van der Waals surface area (Å²) in [5.74, 6) is 0.274. The molecule has 1 aromatic heterocycles. The van der Waals surface area contributed by atoms with Gasteiger partial charge in [0.2, 0.25) is 5.91 Å². The first-order valence-electron chi connectivity index (χ1n) is 12.3. The van der Waals surface area contributed by atoms with Crippen LogP contribution < -0.4 is 10.2 Å². The Balaban J connectivity index is 1.09. The van der Waals surface area contributed by atoms with Crippen LogP contribution in [0.15, 0.2) is 96.3 Å². The highest BCUT2D eigenvalue weighted by atomic mass is 32.2. The molecule has 0 saturated carbocycles. The number of benzene rings is 3. The van der Waals surface area contributed by atoms with Gasteiger partial charge < -0.3 is 14.8 Å². The van der Waals surface area contributed by atoms with E-state index in [9.17, 15) is 4.79 Å². The number of amides is 1. The van der Waals surface area contributed by atoms with Crippen LogP contribution >= 0.6 is 11.8 Å². The first kappa shape index (κ1) is 24.2. The van der Waals surface area contributed by atoms with Crippen LogP contribution in [-0.4, -0.2) is 52.3 Å². The van der Waals surface area contributed by atoms with E-state index in [0.717, 1.165) is 54.8 Å².